The van der Waals surface area contributed by atoms with Crippen LogP contribution in [0.1, 0.15) is 25.6 Å². The van der Waals surface area contributed by atoms with Gasteiger partial charge in [-0.15, -0.1) is 11.3 Å². The van der Waals surface area contributed by atoms with Crippen LogP contribution in [0.25, 0.3) is 0 Å². The van der Waals surface area contributed by atoms with Crippen LogP contribution < -0.4 is 0 Å². The summed E-state index contributed by atoms with van der Waals surface area (Å²) >= 11 is 6.85. The van der Waals surface area contributed by atoms with Crippen molar-refractivity contribution in [2.75, 3.05) is 0 Å². The molecule has 1 aliphatic heterocycles. The highest BCUT2D eigenvalue weighted by molar-refractivity contribution is 7.15. The van der Waals surface area contributed by atoms with Crippen molar-refractivity contribution in [2.45, 2.75) is 6.54 Å². The van der Waals surface area contributed by atoms with Gasteiger partial charge in [0.15, 0.2) is 4.47 Å². The zero-order chi connectivity index (χ0) is 15.1. The Bertz CT molecular complexity index is 789. The molecule has 106 valence electrons. The van der Waals surface area contributed by atoms with Crippen molar-refractivity contribution < 1.29 is 14.5 Å². The standard InChI is InChI=1S/C12H6ClN3O4S/c13-12-14-4-6(21-12)5-15-10(17)7-2-1-3-8(16(19)20)9(7)11(15)18/h1-4H,5H2. The number of imide groups is 1. The van der Waals surface area contributed by atoms with E-state index < -0.39 is 16.7 Å². The van der Waals surface area contributed by atoms with E-state index in [9.17, 15) is 19.7 Å². The van der Waals surface area contributed by atoms with Crippen molar-refractivity contribution in [3.05, 3.63) is 55.0 Å². The van der Waals surface area contributed by atoms with Gasteiger partial charge >= 0.3 is 0 Å². The molecule has 2 heterocycles. The number of aromatic nitrogens is 1. The number of nitrogens with zero attached hydrogens (tertiary/aromatic N) is 3. The summed E-state index contributed by atoms with van der Waals surface area (Å²) in [5.41, 5.74) is -0.483. The van der Waals surface area contributed by atoms with Gasteiger partial charge < -0.3 is 0 Å². The molecular formula is C12H6ClN3O4S. The predicted molar refractivity (Wildman–Crippen MR) is 74.4 cm³/mol. The van der Waals surface area contributed by atoms with Gasteiger partial charge in [-0.25, -0.2) is 4.98 Å². The van der Waals surface area contributed by atoms with E-state index in [0.717, 1.165) is 16.2 Å². The molecule has 0 bridgehead atoms. The third-order valence-electron chi connectivity index (χ3n) is 3.01. The summed E-state index contributed by atoms with van der Waals surface area (Å²) < 4.78 is 0.299. The zero-order valence-electron chi connectivity index (χ0n) is 10.3. The van der Waals surface area contributed by atoms with Crippen molar-refractivity contribution in [3.8, 4) is 0 Å². The number of rotatable bonds is 3. The monoisotopic (exact) mass is 323 g/mol. The lowest BCUT2D eigenvalue weighted by atomic mass is 10.1. The summed E-state index contributed by atoms with van der Waals surface area (Å²) in [5.74, 6) is -1.23. The highest BCUT2D eigenvalue weighted by Gasteiger charge is 2.40. The van der Waals surface area contributed by atoms with E-state index in [1.54, 1.807) is 0 Å². The average Bonchev–Trinajstić information content (AvgIpc) is 2.96. The Morgan fingerprint density at radius 2 is 2.10 bits per heavy atom. The second-order valence-electron chi connectivity index (χ2n) is 4.23. The molecule has 1 aliphatic rings. The lowest BCUT2D eigenvalue weighted by Crippen LogP contribution is -2.28. The lowest BCUT2D eigenvalue weighted by molar-refractivity contribution is -0.385. The molecule has 1 aromatic heterocycles. The number of nitro benzene ring substituents is 1. The predicted octanol–water partition coefficient (Wildman–Crippen LogP) is 2.50. The maximum absolute atomic E-state index is 12.3. The fraction of sp³-hybridized carbons (Fsp3) is 0.0833. The third kappa shape index (κ3) is 2.18. The first-order valence-electron chi connectivity index (χ1n) is 5.73. The van der Waals surface area contributed by atoms with Gasteiger partial charge in [0.2, 0.25) is 0 Å². The second kappa shape index (κ2) is 4.90. The van der Waals surface area contributed by atoms with Crippen LogP contribution in [0, 0.1) is 10.1 Å². The molecule has 0 N–H and O–H groups in total. The molecule has 0 radical (unpaired) electrons. The van der Waals surface area contributed by atoms with E-state index in [-0.39, 0.29) is 23.4 Å². The molecule has 0 saturated heterocycles. The van der Waals surface area contributed by atoms with Crippen molar-refractivity contribution in [3.63, 3.8) is 0 Å². The molecule has 1 aromatic carbocycles. The minimum absolute atomic E-state index is 0.00606. The maximum atomic E-state index is 12.3. The molecule has 0 unspecified atom stereocenters. The molecule has 0 aliphatic carbocycles. The van der Waals surface area contributed by atoms with Gasteiger partial charge in [0.05, 0.1) is 17.0 Å². The number of nitro groups is 1. The van der Waals surface area contributed by atoms with E-state index in [2.05, 4.69) is 4.98 Å². The normalized spacial score (nSPS) is 13.7. The molecule has 2 amide bonds. The number of halogens is 1. The SMILES string of the molecule is O=C1c2cccc([N+](=O)[O-])c2C(=O)N1Cc1cnc(Cl)s1. The third-order valence-corrected chi connectivity index (χ3v) is 4.11. The highest BCUT2D eigenvalue weighted by atomic mass is 35.5. The molecule has 9 heteroatoms. The average molecular weight is 324 g/mol. The van der Waals surface area contributed by atoms with Crippen molar-refractivity contribution in [2.24, 2.45) is 0 Å². The number of carbonyl (C=O) groups is 2. The Kier molecular flexibility index (Phi) is 3.19. The first kappa shape index (κ1) is 13.7. The van der Waals surface area contributed by atoms with Crippen molar-refractivity contribution in [1.29, 1.82) is 0 Å². The van der Waals surface area contributed by atoms with Crippen LogP contribution in [0.15, 0.2) is 24.4 Å². The fourth-order valence-corrected chi connectivity index (χ4v) is 3.09. The van der Waals surface area contributed by atoms with Crippen LogP contribution in [0.3, 0.4) is 0 Å². The molecule has 2 aromatic rings. The van der Waals surface area contributed by atoms with Gasteiger partial charge in [-0.3, -0.25) is 24.6 Å². The molecule has 0 spiro atoms. The van der Waals surface area contributed by atoms with Gasteiger partial charge in [0, 0.05) is 17.1 Å². The number of thiazole rings is 1. The number of carbonyl (C=O) groups excluding carboxylic acids is 2. The lowest BCUT2D eigenvalue weighted by Gasteiger charge is -2.11. The number of hydrogen-bond donors (Lipinski definition) is 0. The molecule has 7 nitrogen and oxygen atoms in total. The van der Waals surface area contributed by atoms with Crippen LogP contribution in [0.4, 0.5) is 5.69 Å². The smallest absolute Gasteiger partial charge is 0.269 e. The summed E-state index contributed by atoms with van der Waals surface area (Å²) in [4.78, 5) is 40.2. The van der Waals surface area contributed by atoms with Gasteiger partial charge in [-0.1, -0.05) is 17.7 Å². The van der Waals surface area contributed by atoms with Gasteiger partial charge in [-0.2, -0.15) is 0 Å². The molecule has 0 atom stereocenters. The van der Waals surface area contributed by atoms with E-state index in [4.69, 9.17) is 11.6 Å². The minimum atomic E-state index is -0.674. The number of hydrogen-bond acceptors (Lipinski definition) is 6. The Labute approximate surface area is 126 Å². The van der Waals surface area contributed by atoms with Crippen LogP contribution in [-0.2, 0) is 6.54 Å². The topological polar surface area (TPSA) is 93.4 Å². The fourth-order valence-electron chi connectivity index (χ4n) is 2.12. The Hall–Kier alpha value is -2.32. The summed E-state index contributed by atoms with van der Waals surface area (Å²) in [7, 11) is 0. The van der Waals surface area contributed by atoms with E-state index in [1.807, 2.05) is 0 Å². The molecule has 3 rings (SSSR count). The van der Waals surface area contributed by atoms with Gasteiger partial charge in [0.1, 0.15) is 5.56 Å². The van der Waals surface area contributed by atoms with E-state index in [0.29, 0.717) is 9.34 Å². The van der Waals surface area contributed by atoms with Gasteiger partial charge in [0.25, 0.3) is 17.5 Å². The van der Waals surface area contributed by atoms with Crippen molar-refractivity contribution in [1.82, 2.24) is 9.88 Å². The maximum Gasteiger partial charge on any atom is 0.282 e. The molecule has 0 saturated carbocycles. The Morgan fingerprint density at radius 1 is 1.33 bits per heavy atom. The van der Waals surface area contributed by atoms with Crippen LogP contribution in [0.2, 0.25) is 4.47 Å². The highest BCUT2D eigenvalue weighted by Crippen LogP contribution is 2.32. The summed E-state index contributed by atoms with van der Waals surface area (Å²) in [6.07, 6.45) is 1.46. The first-order valence-corrected chi connectivity index (χ1v) is 6.92. The minimum Gasteiger partial charge on any atom is -0.269 e. The quantitative estimate of drug-likeness (QED) is 0.491. The molecule has 0 fully saturated rings. The molecular weight excluding hydrogens is 318 g/mol. The number of benzene rings is 1. The zero-order valence-corrected chi connectivity index (χ0v) is 11.8. The Balaban J connectivity index is 2.01. The van der Waals surface area contributed by atoms with Crippen LogP contribution in [-0.4, -0.2) is 26.6 Å². The summed E-state index contributed by atoms with van der Waals surface area (Å²) in [6, 6.07) is 3.99. The summed E-state index contributed by atoms with van der Waals surface area (Å²) in [5, 5.41) is 11.0. The number of fused-ring (bicyclic) bond motifs is 1. The van der Waals surface area contributed by atoms with Crippen LogP contribution >= 0.6 is 22.9 Å². The van der Waals surface area contributed by atoms with E-state index in [1.165, 1.54) is 24.4 Å². The van der Waals surface area contributed by atoms with Crippen molar-refractivity contribution >= 4 is 40.4 Å². The first-order chi connectivity index (χ1) is 9.99. The van der Waals surface area contributed by atoms with Crippen LogP contribution in [0.5, 0.6) is 0 Å². The number of amides is 2. The van der Waals surface area contributed by atoms with E-state index >= 15 is 0 Å². The second-order valence-corrected chi connectivity index (χ2v) is 5.93. The summed E-state index contributed by atoms with van der Waals surface area (Å²) in [6.45, 7) is -0.00606. The molecule has 21 heavy (non-hydrogen) atoms. The largest absolute Gasteiger partial charge is 0.282 e. The Morgan fingerprint density at radius 3 is 2.71 bits per heavy atom. The van der Waals surface area contributed by atoms with Gasteiger partial charge in [-0.05, 0) is 6.07 Å².